The molecule has 0 aliphatic carbocycles. The second kappa shape index (κ2) is 6.42. The second-order valence-electron chi connectivity index (χ2n) is 3.94. The van der Waals surface area contributed by atoms with Crippen LogP contribution >= 0.6 is 0 Å². The van der Waals surface area contributed by atoms with Crippen molar-refractivity contribution in [3.05, 3.63) is 53.4 Å². The highest BCUT2D eigenvalue weighted by Crippen LogP contribution is 2.12. The van der Waals surface area contributed by atoms with Crippen LogP contribution in [0, 0.1) is 5.82 Å². The molecule has 108 valence electrons. The third kappa shape index (κ3) is 3.96. The zero-order valence-corrected chi connectivity index (χ0v) is 10.6. The molecule has 0 aliphatic rings. The van der Waals surface area contributed by atoms with Crippen molar-refractivity contribution in [2.45, 2.75) is 6.54 Å². The summed E-state index contributed by atoms with van der Waals surface area (Å²) < 4.78 is 18.2. The number of carboxylic acid groups (broad SMARTS) is 1. The summed E-state index contributed by atoms with van der Waals surface area (Å²) >= 11 is 0. The van der Waals surface area contributed by atoms with Gasteiger partial charge in [0, 0.05) is 17.2 Å². The summed E-state index contributed by atoms with van der Waals surface area (Å²) in [5, 5.41) is 14.5. The first-order chi connectivity index (χ1) is 10.1. The number of carbonyl (C=O) groups excluding carboxylic acids is 1. The van der Waals surface area contributed by atoms with Gasteiger partial charge in [-0.25, -0.2) is 9.18 Å². The molecule has 1 heterocycles. The Kier molecular flexibility index (Phi) is 4.39. The Morgan fingerprint density at radius 3 is 2.86 bits per heavy atom. The quantitative estimate of drug-likeness (QED) is 0.803. The van der Waals surface area contributed by atoms with Gasteiger partial charge in [0.2, 0.25) is 6.39 Å². The van der Waals surface area contributed by atoms with Crippen molar-refractivity contribution >= 4 is 18.0 Å². The van der Waals surface area contributed by atoms with E-state index in [4.69, 9.17) is 5.11 Å². The second-order valence-corrected chi connectivity index (χ2v) is 3.94. The number of halogens is 1. The van der Waals surface area contributed by atoms with Gasteiger partial charge < -0.3 is 14.9 Å². The number of carbonyl (C=O) groups is 2. The summed E-state index contributed by atoms with van der Waals surface area (Å²) in [6.45, 7) is 0.0532. The average molecular weight is 291 g/mol. The minimum atomic E-state index is -1.18. The first kappa shape index (κ1) is 14.4. The fourth-order valence-corrected chi connectivity index (χ4v) is 1.50. The van der Waals surface area contributed by atoms with Gasteiger partial charge in [-0.15, -0.1) is 0 Å². The van der Waals surface area contributed by atoms with E-state index in [9.17, 15) is 14.0 Å². The maximum absolute atomic E-state index is 13.7. The molecule has 0 radical (unpaired) electrons. The number of hydrogen-bond acceptors (Lipinski definition) is 5. The summed E-state index contributed by atoms with van der Waals surface area (Å²) in [5.74, 6) is -2.09. The fraction of sp³-hybridized carbons (Fsp3) is 0.0769. The van der Waals surface area contributed by atoms with Gasteiger partial charge in [0.05, 0.1) is 6.54 Å². The summed E-state index contributed by atoms with van der Waals surface area (Å²) in [4.78, 5) is 25.9. The van der Waals surface area contributed by atoms with Crippen LogP contribution in [0.25, 0.3) is 6.08 Å². The molecule has 0 fully saturated rings. The lowest BCUT2D eigenvalue weighted by Crippen LogP contribution is -2.23. The normalized spacial score (nSPS) is 10.7. The molecule has 2 rings (SSSR count). The molecule has 8 heteroatoms. The lowest BCUT2D eigenvalue weighted by molar-refractivity contribution is -0.131. The smallest absolute Gasteiger partial charge is 0.328 e. The van der Waals surface area contributed by atoms with E-state index < -0.39 is 17.7 Å². The number of aromatic nitrogens is 2. The predicted molar refractivity (Wildman–Crippen MR) is 68.5 cm³/mol. The Morgan fingerprint density at radius 1 is 1.43 bits per heavy atom. The molecule has 7 nitrogen and oxygen atoms in total. The summed E-state index contributed by atoms with van der Waals surface area (Å²) in [6, 6.07) is 3.72. The summed E-state index contributed by atoms with van der Waals surface area (Å²) in [7, 11) is 0. The third-order valence-corrected chi connectivity index (χ3v) is 2.48. The molecule has 2 aromatic rings. The van der Waals surface area contributed by atoms with Crippen LogP contribution in [-0.2, 0) is 11.3 Å². The largest absolute Gasteiger partial charge is 0.478 e. The molecule has 0 atom stereocenters. The molecule has 0 spiro atoms. The SMILES string of the molecule is O=C(O)/C=C/c1ccc(C(=O)NCc2ncon2)cc1F. The number of benzene rings is 1. The Balaban J connectivity index is 2.05. The Labute approximate surface area is 118 Å². The van der Waals surface area contributed by atoms with Crippen molar-refractivity contribution in [3.8, 4) is 0 Å². The van der Waals surface area contributed by atoms with Gasteiger partial charge in [-0.3, -0.25) is 4.79 Å². The van der Waals surface area contributed by atoms with E-state index in [1.807, 2.05) is 0 Å². The van der Waals surface area contributed by atoms with Gasteiger partial charge in [0.25, 0.3) is 5.91 Å². The molecule has 21 heavy (non-hydrogen) atoms. The number of hydrogen-bond donors (Lipinski definition) is 2. The maximum atomic E-state index is 13.7. The van der Waals surface area contributed by atoms with Crippen LogP contribution in [0.3, 0.4) is 0 Å². The topological polar surface area (TPSA) is 105 Å². The van der Waals surface area contributed by atoms with Gasteiger partial charge in [0.1, 0.15) is 5.82 Å². The lowest BCUT2D eigenvalue weighted by atomic mass is 10.1. The van der Waals surface area contributed by atoms with E-state index in [-0.39, 0.29) is 17.7 Å². The van der Waals surface area contributed by atoms with Crippen molar-refractivity contribution in [1.29, 1.82) is 0 Å². The van der Waals surface area contributed by atoms with E-state index >= 15 is 0 Å². The zero-order chi connectivity index (χ0) is 15.2. The average Bonchev–Trinajstić information content (AvgIpc) is 2.96. The van der Waals surface area contributed by atoms with Gasteiger partial charge in [-0.05, 0) is 18.2 Å². The fourth-order valence-electron chi connectivity index (χ4n) is 1.50. The molecule has 0 saturated heterocycles. The van der Waals surface area contributed by atoms with Gasteiger partial charge in [-0.2, -0.15) is 4.98 Å². The first-order valence-corrected chi connectivity index (χ1v) is 5.80. The Hall–Kier alpha value is -3.03. The van der Waals surface area contributed by atoms with Crippen LogP contribution in [0.2, 0.25) is 0 Å². The van der Waals surface area contributed by atoms with Gasteiger partial charge in [0.15, 0.2) is 5.82 Å². The van der Waals surface area contributed by atoms with Crippen molar-refractivity contribution < 1.29 is 23.6 Å². The molecular formula is C13H10FN3O4. The molecule has 0 saturated carbocycles. The number of nitrogens with zero attached hydrogens (tertiary/aromatic N) is 2. The molecular weight excluding hydrogens is 281 g/mol. The number of nitrogens with one attached hydrogen (secondary N) is 1. The Bertz CT molecular complexity index is 683. The number of aliphatic carboxylic acids is 1. The van der Waals surface area contributed by atoms with E-state index in [0.29, 0.717) is 5.82 Å². The molecule has 1 aromatic heterocycles. The minimum absolute atomic E-state index is 0.0532. The lowest BCUT2D eigenvalue weighted by Gasteiger charge is -2.04. The molecule has 0 unspecified atom stereocenters. The van der Waals surface area contributed by atoms with Crippen LogP contribution < -0.4 is 5.32 Å². The molecule has 2 N–H and O–H groups in total. The van der Waals surface area contributed by atoms with Crippen LogP contribution in [-0.4, -0.2) is 27.1 Å². The molecule has 0 aliphatic heterocycles. The van der Waals surface area contributed by atoms with Gasteiger partial charge >= 0.3 is 5.97 Å². The van der Waals surface area contributed by atoms with Crippen LogP contribution in [0.1, 0.15) is 21.7 Å². The van der Waals surface area contributed by atoms with Crippen molar-refractivity contribution in [2.75, 3.05) is 0 Å². The molecule has 1 amide bonds. The highest BCUT2D eigenvalue weighted by atomic mass is 19.1. The zero-order valence-electron chi connectivity index (χ0n) is 10.6. The standard InChI is InChI=1S/C13H10FN3O4/c14-10-5-9(2-1-8(10)3-4-12(18)19)13(20)15-6-11-16-7-21-17-11/h1-5,7H,6H2,(H,15,20)(H,18,19)/b4-3+. The van der Waals surface area contributed by atoms with E-state index in [1.165, 1.54) is 12.1 Å². The monoisotopic (exact) mass is 291 g/mol. The highest BCUT2D eigenvalue weighted by Gasteiger charge is 2.09. The van der Waals surface area contributed by atoms with Crippen molar-refractivity contribution in [3.63, 3.8) is 0 Å². The molecule has 1 aromatic carbocycles. The minimum Gasteiger partial charge on any atom is -0.478 e. The number of rotatable bonds is 5. The number of amides is 1. The van der Waals surface area contributed by atoms with E-state index in [0.717, 1.165) is 24.6 Å². The van der Waals surface area contributed by atoms with Crippen LogP contribution in [0.4, 0.5) is 4.39 Å². The first-order valence-electron chi connectivity index (χ1n) is 5.80. The third-order valence-electron chi connectivity index (χ3n) is 2.48. The summed E-state index contributed by atoms with van der Waals surface area (Å²) in [6.07, 6.45) is 3.05. The van der Waals surface area contributed by atoms with E-state index in [2.05, 4.69) is 20.0 Å². The Morgan fingerprint density at radius 2 is 2.24 bits per heavy atom. The van der Waals surface area contributed by atoms with Gasteiger partial charge in [-0.1, -0.05) is 11.2 Å². The summed E-state index contributed by atoms with van der Waals surface area (Å²) in [5.41, 5.74) is 0.176. The van der Waals surface area contributed by atoms with Crippen molar-refractivity contribution in [1.82, 2.24) is 15.5 Å². The van der Waals surface area contributed by atoms with Crippen LogP contribution in [0.5, 0.6) is 0 Å². The number of carboxylic acids is 1. The van der Waals surface area contributed by atoms with E-state index in [1.54, 1.807) is 0 Å². The van der Waals surface area contributed by atoms with Crippen molar-refractivity contribution in [2.24, 2.45) is 0 Å². The predicted octanol–water partition coefficient (Wildman–Crippen LogP) is 1.24. The maximum Gasteiger partial charge on any atom is 0.328 e. The highest BCUT2D eigenvalue weighted by molar-refractivity contribution is 5.94. The molecule has 0 bridgehead atoms. The van der Waals surface area contributed by atoms with Crippen LogP contribution in [0.15, 0.2) is 35.2 Å².